The van der Waals surface area contributed by atoms with Crippen molar-refractivity contribution in [1.82, 2.24) is 4.57 Å². The third-order valence-corrected chi connectivity index (χ3v) is 9.91. The van der Waals surface area contributed by atoms with Crippen LogP contribution in [-0.2, 0) is 19.5 Å². The van der Waals surface area contributed by atoms with E-state index in [1.807, 2.05) is 7.11 Å². The van der Waals surface area contributed by atoms with Gasteiger partial charge in [-0.2, -0.15) is 0 Å². The topological polar surface area (TPSA) is 21.3 Å². The van der Waals surface area contributed by atoms with Crippen molar-refractivity contribution in [2.45, 2.75) is 38.8 Å². The van der Waals surface area contributed by atoms with Crippen LogP contribution < -0.4 is 31.2 Å². The predicted octanol–water partition coefficient (Wildman–Crippen LogP) is 4.67. The maximum Gasteiger partial charge on any atom is 0.254 e. The Kier molecular flexibility index (Phi) is 7.67. The highest BCUT2D eigenvalue weighted by Crippen LogP contribution is 2.51. The van der Waals surface area contributed by atoms with Crippen LogP contribution in [0, 0.1) is 12.8 Å². The molecule has 2 aliphatic rings. The Morgan fingerprint density at radius 1 is 0.795 bits per heavy atom. The van der Waals surface area contributed by atoms with Gasteiger partial charge >= 0.3 is 0 Å². The van der Waals surface area contributed by atoms with E-state index in [1.165, 1.54) is 55.6 Å². The van der Waals surface area contributed by atoms with E-state index in [2.05, 4.69) is 130 Å². The van der Waals surface area contributed by atoms with Crippen LogP contribution >= 0.6 is 0 Å². The normalized spacial score (nSPS) is 16.8. The van der Waals surface area contributed by atoms with Crippen LogP contribution in [0.5, 0.6) is 5.75 Å². The van der Waals surface area contributed by atoms with Crippen molar-refractivity contribution in [1.29, 1.82) is 0 Å². The number of ether oxygens (including phenoxy) is 1. The van der Waals surface area contributed by atoms with E-state index in [-0.39, 0.29) is 17.0 Å². The number of methoxy groups -OCH3 is 1. The minimum absolute atomic E-state index is 0. The minimum atomic E-state index is 0. The number of benzene rings is 5. The van der Waals surface area contributed by atoms with Gasteiger partial charge in [-0.3, -0.25) is 0 Å². The average molecular weight is 645 g/mol. The second-order valence-electron chi connectivity index (χ2n) is 12.3. The first-order valence-electron chi connectivity index (χ1n) is 15.6. The predicted molar refractivity (Wildman–Crippen MR) is 175 cm³/mol. The smallest absolute Gasteiger partial charge is 0.254 e. The number of fused-ring (bicyclic) bond motifs is 7. The number of aromatic nitrogens is 2. The zero-order valence-corrected chi connectivity index (χ0v) is 27.0. The summed E-state index contributed by atoms with van der Waals surface area (Å²) in [5, 5.41) is 2.59. The van der Waals surface area contributed by atoms with Crippen LogP contribution in [-0.4, -0.2) is 24.8 Å². The second kappa shape index (κ2) is 11.8. The number of aryl methyl sites for hydroxylation is 1. The molecule has 1 aliphatic carbocycles. The highest BCUT2D eigenvalue weighted by atomic mass is 79.9. The molecule has 0 spiro atoms. The third kappa shape index (κ3) is 4.78. The molecule has 0 amide bonds. The fourth-order valence-electron chi connectivity index (χ4n) is 7.98. The molecule has 0 fully saturated rings. The summed E-state index contributed by atoms with van der Waals surface area (Å²) >= 11 is 0. The van der Waals surface area contributed by atoms with E-state index in [0.717, 1.165) is 44.8 Å². The summed E-state index contributed by atoms with van der Waals surface area (Å²) in [4.78, 5) is 2.62. The molecule has 6 aromatic rings. The molecule has 0 N–H and O–H groups in total. The summed E-state index contributed by atoms with van der Waals surface area (Å²) in [7, 11) is 1.81. The number of anilines is 1. The van der Waals surface area contributed by atoms with E-state index in [0.29, 0.717) is 11.8 Å². The maximum absolute atomic E-state index is 5.96. The number of rotatable bonds is 7. The van der Waals surface area contributed by atoms with Gasteiger partial charge in [-0.05, 0) is 69.6 Å². The monoisotopic (exact) mass is 643 g/mol. The lowest BCUT2D eigenvalue weighted by Crippen LogP contribution is -3.00. The lowest BCUT2D eigenvalue weighted by atomic mass is 9.81. The molecular formula is C39H38BrN3O. The van der Waals surface area contributed by atoms with Crippen molar-refractivity contribution in [3.8, 4) is 5.75 Å². The number of nitrogens with zero attached hydrogens (tertiary/aromatic N) is 3. The zero-order chi connectivity index (χ0) is 28.9. The Labute approximate surface area is 270 Å². The molecule has 2 atom stereocenters. The highest BCUT2D eigenvalue weighted by molar-refractivity contribution is 5.83. The Bertz CT molecular complexity index is 1980. The lowest BCUT2D eigenvalue weighted by Gasteiger charge is -2.39. The van der Waals surface area contributed by atoms with Crippen molar-refractivity contribution in [3.63, 3.8) is 0 Å². The zero-order valence-electron chi connectivity index (χ0n) is 25.4. The molecule has 222 valence electrons. The lowest BCUT2D eigenvalue weighted by molar-refractivity contribution is -0.669. The fourth-order valence-corrected chi connectivity index (χ4v) is 7.98. The van der Waals surface area contributed by atoms with E-state index in [1.54, 1.807) is 0 Å². The summed E-state index contributed by atoms with van der Waals surface area (Å²) < 4.78 is 11.0. The standard InChI is InChI=1S/C39H38N3O.BrH/c1-27-41(35-16-7-8-17-36(35)42(27)25-28-19-20-29-11-3-4-12-30(29)23-28)22-10-21-40-26-32-24-31-13-5-6-14-33(31)38(32)34-15-9-18-37(43-2)39(34)40;/h3-9,11-20,23,32,38H,10,21-22,24-26H2,1-2H3;1H/q+1;/p-1/t32-,38+;/m0./s1. The molecule has 0 bridgehead atoms. The molecule has 0 saturated carbocycles. The number of imidazole rings is 1. The Hall–Kier alpha value is -4.09. The van der Waals surface area contributed by atoms with Gasteiger partial charge in [-0.1, -0.05) is 84.9 Å². The van der Waals surface area contributed by atoms with Crippen LogP contribution in [0.3, 0.4) is 0 Å². The molecule has 0 radical (unpaired) electrons. The molecule has 5 aromatic carbocycles. The molecule has 44 heavy (non-hydrogen) atoms. The Balaban J connectivity index is 0.00000312. The Morgan fingerprint density at radius 3 is 2.45 bits per heavy atom. The highest BCUT2D eigenvalue weighted by Gasteiger charge is 2.41. The van der Waals surface area contributed by atoms with Gasteiger partial charge in [0.1, 0.15) is 12.3 Å². The molecule has 0 unspecified atom stereocenters. The van der Waals surface area contributed by atoms with Crippen molar-refractivity contribution in [2.75, 3.05) is 25.1 Å². The van der Waals surface area contributed by atoms with E-state index in [4.69, 9.17) is 4.74 Å². The summed E-state index contributed by atoms with van der Waals surface area (Å²) in [5.41, 5.74) is 9.68. The minimum Gasteiger partial charge on any atom is -1.00 e. The first-order valence-corrected chi connectivity index (χ1v) is 15.6. The third-order valence-electron chi connectivity index (χ3n) is 9.91. The summed E-state index contributed by atoms with van der Waals surface area (Å²) in [6, 6.07) is 40.1. The average Bonchev–Trinajstić information content (AvgIpc) is 3.55. The van der Waals surface area contributed by atoms with Gasteiger partial charge in [0.25, 0.3) is 5.82 Å². The molecule has 0 saturated heterocycles. The van der Waals surface area contributed by atoms with Crippen LogP contribution in [0.1, 0.15) is 40.4 Å². The van der Waals surface area contributed by atoms with E-state index >= 15 is 0 Å². The first-order chi connectivity index (χ1) is 21.2. The summed E-state index contributed by atoms with van der Waals surface area (Å²) in [6.07, 6.45) is 2.22. The van der Waals surface area contributed by atoms with Gasteiger partial charge in [0.15, 0.2) is 11.0 Å². The van der Waals surface area contributed by atoms with Gasteiger partial charge in [-0.25, -0.2) is 9.13 Å². The summed E-state index contributed by atoms with van der Waals surface area (Å²) in [5.74, 6) is 3.37. The molecule has 1 aromatic heterocycles. The van der Waals surface area contributed by atoms with Gasteiger partial charge in [0.2, 0.25) is 0 Å². The SMILES string of the molecule is COc1cccc2c1N(CCCn1c(C)[n+](Cc3ccc4ccccc4c3)c3ccccc31)C[C@@H]1Cc3ccccc3[C@H]21.[Br-]. The second-order valence-corrected chi connectivity index (χ2v) is 12.3. The molecule has 4 nitrogen and oxygen atoms in total. The van der Waals surface area contributed by atoms with E-state index < -0.39 is 0 Å². The molecule has 1 aliphatic heterocycles. The van der Waals surface area contributed by atoms with Gasteiger partial charge < -0.3 is 26.6 Å². The van der Waals surface area contributed by atoms with Crippen LogP contribution in [0.25, 0.3) is 21.8 Å². The first kappa shape index (κ1) is 28.7. The number of halogens is 1. The quantitative estimate of drug-likeness (QED) is 0.236. The summed E-state index contributed by atoms with van der Waals surface area (Å²) in [6.45, 7) is 6.20. The largest absolute Gasteiger partial charge is 1.00 e. The molecule has 2 heterocycles. The van der Waals surface area contributed by atoms with Crippen LogP contribution in [0.4, 0.5) is 5.69 Å². The number of para-hydroxylation sites is 3. The Morgan fingerprint density at radius 2 is 1.57 bits per heavy atom. The fraction of sp³-hybridized carbons (Fsp3) is 0.256. The van der Waals surface area contributed by atoms with E-state index in [9.17, 15) is 0 Å². The van der Waals surface area contributed by atoms with Crippen molar-refractivity contribution in [2.24, 2.45) is 5.92 Å². The van der Waals surface area contributed by atoms with Gasteiger partial charge in [0, 0.05) is 32.4 Å². The van der Waals surface area contributed by atoms with Crippen LogP contribution in [0.15, 0.2) is 109 Å². The number of hydrogen-bond donors (Lipinski definition) is 0. The molecule has 8 rings (SSSR count). The van der Waals surface area contributed by atoms with Gasteiger partial charge in [-0.15, -0.1) is 0 Å². The van der Waals surface area contributed by atoms with Crippen molar-refractivity contribution >= 4 is 27.5 Å². The van der Waals surface area contributed by atoms with Crippen molar-refractivity contribution in [3.05, 3.63) is 137 Å². The molecule has 5 heteroatoms. The molecular weight excluding hydrogens is 606 g/mol. The van der Waals surface area contributed by atoms with Crippen LogP contribution in [0.2, 0.25) is 0 Å². The van der Waals surface area contributed by atoms with Crippen molar-refractivity contribution < 1.29 is 26.3 Å². The van der Waals surface area contributed by atoms with Gasteiger partial charge in [0.05, 0.1) is 19.3 Å². The number of hydrogen-bond acceptors (Lipinski definition) is 2. The maximum atomic E-state index is 5.96.